The number of esters is 1. The van der Waals surface area contributed by atoms with Gasteiger partial charge in [-0.3, -0.25) is 4.79 Å². The van der Waals surface area contributed by atoms with E-state index in [9.17, 15) is 9.59 Å². The van der Waals surface area contributed by atoms with E-state index >= 15 is 0 Å². The summed E-state index contributed by atoms with van der Waals surface area (Å²) in [5.41, 5.74) is 6.93. The summed E-state index contributed by atoms with van der Waals surface area (Å²) in [5.74, 6) is -0.783. The summed E-state index contributed by atoms with van der Waals surface area (Å²) in [7, 11) is 1.31. The monoisotopic (exact) mass is 264 g/mol. The Hall–Kier alpha value is -1.88. The predicted molar refractivity (Wildman–Crippen MR) is 72.4 cm³/mol. The third-order valence-corrected chi connectivity index (χ3v) is 2.86. The zero-order chi connectivity index (χ0) is 14.4. The molecule has 0 fully saturated rings. The van der Waals surface area contributed by atoms with Crippen LogP contribution < -0.4 is 11.1 Å². The Balaban J connectivity index is 2.78. The number of nitrogens with one attached hydrogen (secondary N) is 1. The maximum atomic E-state index is 12.0. The van der Waals surface area contributed by atoms with E-state index in [0.717, 1.165) is 5.56 Å². The number of hydrogen-bond donors (Lipinski definition) is 2. The van der Waals surface area contributed by atoms with E-state index in [1.807, 2.05) is 13.8 Å². The van der Waals surface area contributed by atoms with E-state index < -0.39 is 12.0 Å². The number of nitrogens with two attached hydrogens (primary N) is 1. The van der Waals surface area contributed by atoms with Gasteiger partial charge in [0, 0.05) is 12.1 Å². The first-order valence-electron chi connectivity index (χ1n) is 6.17. The molecule has 0 aliphatic heterocycles. The molecule has 0 aliphatic rings. The number of amides is 1. The number of carbonyl (C=O) groups excluding carboxylic acids is 2. The molecule has 3 N–H and O–H groups in total. The molecule has 0 aliphatic carbocycles. The second-order valence-electron chi connectivity index (χ2n) is 4.62. The minimum atomic E-state index is -0.647. The van der Waals surface area contributed by atoms with Crippen LogP contribution in [0, 0.1) is 5.92 Å². The van der Waals surface area contributed by atoms with Gasteiger partial charge in [0.1, 0.15) is 6.04 Å². The third-order valence-electron chi connectivity index (χ3n) is 2.86. The first-order valence-corrected chi connectivity index (χ1v) is 6.17. The smallest absolute Gasteiger partial charge is 0.328 e. The molecule has 19 heavy (non-hydrogen) atoms. The van der Waals surface area contributed by atoms with E-state index in [1.54, 1.807) is 24.3 Å². The lowest BCUT2D eigenvalue weighted by Gasteiger charge is -2.19. The molecular formula is C14H20N2O3. The van der Waals surface area contributed by atoms with Gasteiger partial charge in [-0.05, 0) is 23.6 Å². The number of benzene rings is 1. The molecule has 1 unspecified atom stereocenters. The topological polar surface area (TPSA) is 81.4 Å². The van der Waals surface area contributed by atoms with Crippen molar-refractivity contribution in [2.45, 2.75) is 26.4 Å². The maximum absolute atomic E-state index is 12.0. The molecule has 0 spiro atoms. The average molecular weight is 264 g/mol. The van der Waals surface area contributed by atoms with Gasteiger partial charge < -0.3 is 15.8 Å². The normalized spacial score (nSPS) is 12.1. The fourth-order valence-electron chi connectivity index (χ4n) is 1.64. The highest BCUT2D eigenvalue weighted by Gasteiger charge is 2.25. The fourth-order valence-corrected chi connectivity index (χ4v) is 1.64. The highest BCUT2D eigenvalue weighted by atomic mass is 16.5. The Kier molecular flexibility index (Phi) is 5.51. The van der Waals surface area contributed by atoms with Crippen LogP contribution in [-0.4, -0.2) is 25.0 Å². The third kappa shape index (κ3) is 4.06. The van der Waals surface area contributed by atoms with E-state index in [-0.39, 0.29) is 11.8 Å². The average Bonchev–Trinajstić information content (AvgIpc) is 2.43. The summed E-state index contributed by atoms with van der Waals surface area (Å²) in [6, 6.07) is 6.31. The molecule has 5 heteroatoms. The molecule has 1 atom stereocenters. The molecule has 1 rings (SSSR count). The predicted octanol–water partition coefficient (Wildman–Crippen LogP) is 1.07. The summed E-state index contributed by atoms with van der Waals surface area (Å²) in [4.78, 5) is 23.6. The number of ether oxygens (including phenoxy) is 1. The minimum absolute atomic E-state index is 0.0419. The van der Waals surface area contributed by atoms with Gasteiger partial charge >= 0.3 is 5.97 Å². The molecule has 0 radical (unpaired) electrons. The molecule has 104 valence electrons. The summed E-state index contributed by atoms with van der Waals surface area (Å²) < 4.78 is 4.68. The molecule has 1 aromatic carbocycles. The second-order valence-corrected chi connectivity index (χ2v) is 4.62. The van der Waals surface area contributed by atoms with Gasteiger partial charge in [0.05, 0.1) is 7.11 Å². The van der Waals surface area contributed by atoms with Crippen LogP contribution in [0.15, 0.2) is 24.3 Å². The van der Waals surface area contributed by atoms with Crippen molar-refractivity contribution < 1.29 is 14.3 Å². The Labute approximate surface area is 113 Å². The van der Waals surface area contributed by atoms with Crippen LogP contribution in [0.5, 0.6) is 0 Å². The maximum Gasteiger partial charge on any atom is 0.328 e. The lowest BCUT2D eigenvalue weighted by Crippen LogP contribution is -2.45. The molecule has 0 heterocycles. The molecule has 0 saturated carbocycles. The number of methoxy groups -OCH3 is 1. The minimum Gasteiger partial charge on any atom is -0.467 e. The van der Waals surface area contributed by atoms with Crippen molar-refractivity contribution in [1.82, 2.24) is 5.32 Å². The number of hydrogen-bond acceptors (Lipinski definition) is 4. The highest BCUT2D eigenvalue weighted by Crippen LogP contribution is 2.08. The van der Waals surface area contributed by atoms with Crippen molar-refractivity contribution in [2.75, 3.05) is 7.11 Å². The van der Waals surface area contributed by atoms with Gasteiger partial charge in [-0.15, -0.1) is 0 Å². The van der Waals surface area contributed by atoms with Crippen LogP contribution in [-0.2, 0) is 16.1 Å². The van der Waals surface area contributed by atoms with E-state index in [0.29, 0.717) is 12.1 Å². The quantitative estimate of drug-likeness (QED) is 0.779. The summed E-state index contributed by atoms with van der Waals surface area (Å²) in [5, 5.41) is 2.68. The highest BCUT2D eigenvalue weighted by molar-refractivity contribution is 5.96. The van der Waals surface area contributed by atoms with Crippen molar-refractivity contribution in [3.8, 4) is 0 Å². The molecule has 1 amide bonds. The zero-order valence-electron chi connectivity index (χ0n) is 11.5. The zero-order valence-corrected chi connectivity index (χ0v) is 11.5. The van der Waals surface area contributed by atoms with E-state index in [4.69, 9.17) is 5.73 Å². The van der Waals surface area contributed by atoms with Gasteiger partial charge in [0.15, 0.2) is 0 Å². The van der Waals surface area contributed by atoms with Crippen molar-refractivity contribution in [2.24, 2.45) is 11.7 Å². The van der Waals surface area contributed by atoms with Crippen molar-refractivity contribution >= 4 is 11.9 Å². The van der Waals surface area contributed by atoms with Crippen LogP contribution in [0.25, 0.3) is 0 Å². The van der Waals surface area contributed by atoms with Crippen LogP contribution in [0.4, 0.5) is 0 Å². The van der Waals surface area contributed by atoms with E-state index in [1.165, 1.54) is 7.11 Å². The molecule has 0 saturated heterocycles. The lowest BCUT2D eigenvalue weighted by atomic mass is 10.0. The summed E-state index contributed by atoms with van der Waals surface area (Å²) in [6.45, 7) is 4.12. The number of rotatable bonds is 5. The largest absolute Gasteiger partial charge is 0.467 e. The fraction of sp³-hybridized carbons (Fsp3) is 0.429. The summed E-state index contributed by atoms with van der Waals surface area (Å²) >= 11 is 0. The van der Waals surface area contributed by atoms with Crippen molar-refractivity contribution in [3.05, 3.63) is 35.4 Å². The van der Waals surface area contributed by atoms with Gasteiger partial charge in [-0.2, -0.15) is 0 Å². The molecule has 0 aromatic heterocycles. The standard InChI is InChI=1S/C14H20N2O3/c1-9(2)12(14(18)19-3)16-13(17)11-6-4-10(8-15)5-7-11/h4-7,9,12H,8,15H2,1-3H3,(H,16,17). The lowest BCUT2D eigenvalue weighted by molar-refractivity contribution is -0.144. The molecular weight excluding hydrogens is 244 g/mol. The first-order chi connectivity index (χ1) is 8.99. The molecule has 5 nitrogen and oxygen atoms in total. The first kappa shape index (κ1) is 15.2. The Morgan fingerprint density at radius 1 is 1.26 bits per heavy atom. The van der Waals surface area contributed by atoms with Crippen molar-refractivity contribution in [1.29, 1.82) is 0 Å². The van der Waals surface area contributed by atoms with Crippen LogP contribution in [0.1, 0.15) is 29.8 Å². The Morgan fingerprint density at radius 2 is 1.84 bits per heavy atom. The van der Waals surface area contributed by atoms with Gasteiger partial charge in [0.2, 0.25) is 0 Å². The van der Waals surface area contributed by atoms with Crippen LogP contribution in [0.3, 0.4) is 0 Å². The van der Waals surface area contributed by atoms with Gasteiger partial charge in [-0.1, -0.05) is 26.0 Å². The summed E-state index contributed by atoms with van der Waals surface area (Å²) in [6.07, 6.45) is 0. The van der Waals surface area contributed by atoms with E-state index in [2.05, 4.69) is 10.1 Å². The van der Waals surface area contributed by atoms with Crippen LogP contribution >= 0.6 is 0 Å². The van der Waals surface area contributed by atoms with Crippen LogP contribution in [0.2, 0.25) is 0 Å². The van der Waals surface area contributed by atoms with Gasteiger partial charge in [-0.25, -0.2) is 4.79 Å². The molecule has 1 aromatic rings. The van der Waals surface area contributed by atoms with Gasteiger partial charge in [0.25, 0.3) is 5.91 Å². The Bertz CT molecular complexity index is 441. The Morgan fingerprint density at radius 3 is 2.26 bits per heavy atom. The number of carbonyl (C=O) groups is 2. The SMILES string of the molecule is COC(=O)C(NC(=O)c1ccc(CN)cc1)C(C)C. The van der Waals surface area contributed by atoms with Crippen molar-refractivity contribution in [3.63, 3.8) is 0 Å². The second kappa shape index (κ2) is 6.89. The molecule has 0 bridgehead atoms.